The van der Waals surface area contributed by atoms with Crippen molar-refractivity contribution in [1.82, 2.24) is 36.0 Å². The van der Waals surface area contributed by atoms with Crippen molar-refractivity contribution in [3.63, 3.8) is 0 Å². The zero-order chi connectivity index (χ0) is 76.1. The summed E-state index contributed by atoms with van der Waals surface area (Å²) >= 11 is 6.83. The van der Waals surface area contributed by atoms with Crippen LogP contribution in [-0.4, -0.2) is 343 Å². The summed E-state index contributed by atoms with van der Waals surface area (Å²) in [6.07, 6.45) is -28.7. The molecule has 6 amide bonds. The number of carbonyl (C=O) groups is 9. The number of nitrogens with two attached hydrogens (primary N) is 2. The number of hydrogen-bond donors (Lipinski definition) is 30. The van der Waals surface area contributed by atoms with Crippen LogP contribution in [0, 0.1) is 0 Å². The second kappa shape index (κ2) is 58.0. The minimum Gasteiger partial charge on any atom is -0.544 e. The third kappa shape index (κ3) is 39.5. The molecule has 0 radical (unpaired) electrons. The van der Waals surface area contributed by atoms with Crippen molar-refractivity contribution in [2.75, 3.05) is 53.1 Å². The number of aliphatic hydroxyl groups is 19. The smallest absolute Gasteiger partial charge is 0.544 e. The van der Waals surface area contributed by atoms with E-state index in [1.807, 2.05) is 27.7 Å². The molecule has 4 heterocycles. The largest absolute Gasteiger partial charge is 1.00 e. The summed E-state index contributed by atoms with van der Waals surface area (Å²) < 4.78 is 23.4. The van der Waals surface area contributed by atoms with E-state index in [1.165, 1.54) is 20.9 Å². The number of thiol groups is 2. The number of aliphatic carboxylic acids is 3. The van der Waals surface area contributed by atoms with Crippen molar-refractivity contribution < 1.29 is 263 Å². The summed E-state index contributed by atoms with van der Waals surface area (Å²) in [6.45, 7) is 7.68. The van der Waals surface area contributed by atoms with Gasteiger partial charge < -0.3 is 193 Å². The minimum atomic E-state index is -2.97. The molecular formula is C51H100N9Na3O35S2. The predicted octanol–water partition coefficient (Wildman–Crippen LogP) is -28.0. The monoisotopic (exact) mass is 1530 g/mol. The SMILES string of the molecule is C.CC.CC.CC(=O)NCC(=O)NC1C(O)CC(O)(C(=O)[O-])OC1[C@H](O)[C@H](O)CO.CC(=O)NS.CC(=O)NS.CNCC(=O)NC1C(O)CC(O)(C(=O)[O-])OC1[C@H](O)[C@H](O)CO.NC1C(O)OC(CO)C(O)C1O.NCC(=O)NC1C(O)CC(O)(C(=O)[O-])OC1[C@H](O)[C@H](O)CO.[Na+].[Na+].[Na+]. The van der Waals surface area contributed by atoms with Gasteiger partial charge in [-0.2, -0.15) is 0 Å². The summed E-state index contributed by atoms with van der Waals surface area (Å²) in [5.74, 6) is -17.9. The molecule has 4 saturated heterocycles. The molecule has 4 aliphatic rings. The van der Waals surface area contributed by atoms with E-state index < -0.39 is 240 Å². The van der Waals surface area contributed by atoms with Crippen LogP contribution in [0.3, 0.4) is 0 Å². The Kier molecular flexibility index (Phi) is 66.0. The molecular weight excluding hydrogens is 1430 g/mol. The Bertz CT molecular complexity index is 2330. The molecule has 49 heteroatoms. The number of carboxylic acids is 3. The Morgan fingerprint density at radius 1 is 0.520 bits per heavy atom. The number of carbonyl (C=O) groups excluding carboxylic acids is 9. The van der Waals surface area contributed by atoms with Crippen LogP contribution >= 0.6 is 25.6 Å². The molecule has 17 unspecified atom stereocenters. The van der Waals surface area contributed by atoms with Crippen LogP contribution < -0.4 is 151 Å². The van der Waals surface area contributed by atoms with Crippen molar-refractivity contribution >= 4 is 79.0 Å². The van der Waals surface area contributed by atoms with Crippen LogP contribution in [-0.2, 0) is 62.1 Å². The topological polar surface area (TPSA) is 780 Å². The number of hydrogen-bond acceptors (Lipinski definition) is 40. The van der Waals surface area contributed by atoms with E-state index in [4.69, 9.17) is 55.9 Å². The molecule has 4 rings (SSSR count). The Balaban J connectivity index is -0.000000177. The van der Waals surface area contributed by atoms with Crippen LogP contribution in [0.1, 0.15) is 75.2 Å². The fraction of sp³-hybridized carbons (Fsp3) is 0.824. The standard InChI is InChI=1S/C13H22N2O10.C12H22N2O9.C11H20N2O9.C6H13NO5.2C2H5NOS.2C2H6.CH4.3Na/c1-5(17)14-3-8(20)15-9-6(18)2-13(24,12(22)23)25-11(9)10(21)7(19)4-16;1-13-3-7(18)14-8-5(16)2-12(22,11(20)21)23-10(8)9(19)6(17)4-15;12-2-6(17)13-7-4(15)1-11(21,10(19)20)22-9(7)8(18)5(16)3-14;7-3-5(10)4(9)2(1-8)12-6(3)11;2*1-2(4)3-5;2*1-2;;;;/h6-7,9-11,16,18-19,21,24H,2-4H2,1H3,(H,14,17)(H,15,20)(H,22,23);5-6,8-10,13,15-17,19,22H,2-4H2,1H3,(H,14,18)(H,20,21);4-5,7-9,14-16,18,21H,1-3,12H2,(H,13,17)(H,19,20);2-6,8-11H,1,7H2;2*5H,1H3,(H,3,4);2*1-2H3;1H4;;;/q;;;;;;;;;3*+1/p-3/t6?,7-,9?,10-,11?,13?;5?,6-,8?,9-,10?,12?;4?,5-,7?,8-,9?,11?;;;;;;;;;/m111........./s1. The number of nitrogens with one attached hydrogen (secondary N) is 7. The molecule has 100 heavy (non-hydrogen) atoms. The maximum absolute atomic E-state index is 11.8. The molecule has 0 aromatic heterocycles. The minimum absolute atomic E-state index is 0. The van der Waals surface area contributed by atoms with Crippen molar-refractivity contribution in [3.05, 3.63) is 0 Å². The van der Waals surface area contributed by atoms with Crippen LogP contribution in [0.5, 0.6) is 0 Å². The first kappa shape index (κ1) is 114. The van der Waals surface area contributed by atoms with Crippen molar-refractivity contribution in [1.29, 1.82) is 0 Å². The summed E-state index contributed by atoms with van der Waals surface area (Å²) in [4.78, 5) is 97.7. The molecule has 574 valence electrons. The Labute approximate surface area is 652 Å². The van der Waals surface area contributed by atoms with E-state index in [2.05, 4.69) is 61.7 Å². The third-order valence-corrected chi connectivity index (χ3v) is 13.4. The average Bonchev–Trinajstić information content (AvgIpc) is 0.793. The third-order valence-electron chi connectivity index (χ3n) is 12.7. The van der Waals surface area contributed by atoms with Crippen molar-refractivity contribution in [2.45, 2.75) is 215 Å². The molecule has 0 aliphatic carbocycles. The molecule has 44 nitrogen and oxygen atoms in total. The quantitative estimate of drug-likeness (QED) is 0.0375. The van der Waals surface area contributed by atoms with Crippen LogP contribution in [0.2, 0.25) is 0 Å². The van der Waals surface area contributed by atoms with E-state index in [0.29, 0.717) is 0 Å². The van der Waals surface area contributed by atoms with Gasteiger partial charge in [-0.25, -0.2) is 0 Å². The maximum atomic E-state index is 11.8. The molecule has 0 bridgehead atoms. The van der Waals surface area contributed by atoms with Crippen molar-refractivity contribution in [2.24, 2.45) is 11.5 Å². The summed E-state index contributed by atoms with van der Waals surface area (Å²) in [5.41, 5.74) is 10.4. The van der Waals surface area contributed by atoms with Gasteiger partial charge in [-0.3, -0.25) is 28.8 Å². The molecule has 23 atom stereocenters. The van der Waals surface area contributed by atoms with Gasteiger partial charge in [-0.15, -0.1) is 0 Å². The molecule has 0 saturated carbocycles. The zero-order valence-electron chi connectivity index (χ0n) is 56.2. The van der Waals surface area contributed by atoms with Crippen LogP contribution in [0.4, 0.5) is 0 Å². The van der Waals surface area contributed by atoms with Gasteiger partial charge in [-0.1, -0.05) is 60.8 Å². The van der Waals surface area contributed by atoms with Gasteiger partial charge in [0.25, 0.3) is 0 Å². The molecule has 30 N–H and O–H groups in total. The zero-order valence-corrected chi connectivity index (χ0v) is 64.0. The number of aliphatic hydroxyl groups excluding tert-OH is 16. The first-order valence-electron chi connectivity index (χ1n) is 28.6. The summed E-state index contributed by atoms with van der Waals surface area (Å²) in [5, 5.41) is 225. The first-order valence-corrected chi connectivity index (χ1v) is 29.5. The van der Waals surface area contributed by atoms with E-state index in [-0.39, 0.29) is 114 Å². The number of carboxylic acid groups (broad SMARTS) is 3. The number of likely N-dealkylation sites (N-methyl/N-ethyl adjacent to an activating group) is 1. The Morgan fingerprint density at radius 2 is 0.790 bits per heavy atom. The van der Waals surface area contributed by atoms with E-state index >= 15 is 0 Å². The van der Waals surface area contributed by atoms with Crippen LogP contribution in [0.15, 0.2) is 0 Å². The molecule has 4 aliphatic heterocycles. The number of rotatable bonds is 21. The second-order valence-corrected chi connectivity index (χ2v) is 20.5. The normalized spacial score (nSPS) is 30.0. The molecule has 0 aromatic rings. The maximum Gasteiger partial charge on any atom is 1.00 e. The van der Waals surface area contributed by atoms with Crippen LogP contribution in [0.25, 0.3) is 0 Å². The van der Waals surface area contributed by atoms with E-state index in [9.17, 15) is 130 Å². The number of amides is 6. The average molecular weight is 1530 g/mol. The van der Waals surface area contributed by atoms with E-state index in [0.717, 1.165) is 6.92 Å². The molecule has 0 aromatic carbocycles. The predicted molar refractivity (Wildman–Crippen MR) is 324 cm³/mol. The van der Waals surface area contributed by atoms with Gasteiger partial charge in [0.2, 0.25) is 52.8 Å². The Hall–Kier alpha value is -2.11. The van der Waals surface area contributed by atoms with Gasteiger partial charge >= 0.3 is 88.7 Å². The fourth-order valence-corrected chi connectivity index (χ4v) is 7.89. The summed E-state index contributed by atoms with van der Waals surface area (Å²) in [7, 11) is 1.49. The molecule has 0 spiro atoms. The summed E-state index contributed by atoms with van der Waals surface area (Å²) in [6, 6.07) is -5.18. The second-order valence-electron chi connectivity index (χ2n) is 20.1. The first-order chi connectivity index (χ1) is 44.4. The van der Waals surface area contributed by atoms with Crippen molar-refractivity contribution in [3.8, 4) is 0 Å². The fourth-order valence-electron chi connectivity index (χ4n) is 7.89. The number of ether oxygens (including phenoxy) is 4. The van der Waals surface area contributed by atoms with Gasteiger partial charge in [-0.05, 0) is 7.05 Å². The van der Waals surface area contributed by atoms with Gasteiger partial charge in [0.1, 0.15) is 91.2 Å². The van der Waals surface area contributed by atoms with Gasteiger partial charge in [0.05, 0.1) is 88.5 Å². The van der Waals surface area contributed by atoms with E-state index in [1.54, 1.807) is 0 Å². The molecule has 4 fully saturated rings. The van der Waals surface area contributed by atoms with Gasteiger partial charge in [0.15, 0.2) is 6.29 Å². The Morgan fingerprint density at radius 3 is 1.01 bits per heavy atom. The van der Waals surface area contributed by atoms with Gasteiger partial charge in [0, 0.05) is 40.0 Å².